The van der Waals surface area contributed by atoms with Crippen LogP contribution in [0.5, 0.6) is 0 Å². The highest BCUT2D eigenvalue weighted by Gasteiger charge is 2.37. The van der Waals surface area contributed by atoms with E-state index in [1.54, 1.807) is 6.92 Å². The number of nitrogens with one attached hydrogen (secondary N) is 1. The molecule has 5 heteroatoms. The topological polar surface area (TPSA) is 49.4 Å². The molecule has 0 aromatic carbocycles. The molecule has 118 valence electrons. The first-order chi connectivity index (χ1) is 9.46. The molecule has 1 aliphatic carbocycles. The van der Waals surface area contributed by atoms with Crippen LogP contribution in [0.4, 0.5) is 0 Å². The highest BCUT2D eigenvalue weighted by atomic mass is 32.2. The van der Waals surface area contributed by atoms with E-state index in [2.05, 4.69) is 17.1 Å². The van der Waals surface area contributed by atoms with Gasteiger partial charge in [0.05, 0.1) is 5.75 Å². The van der Waals surface area contributed by atoms with E-state index < -0.39 is 9.84 Å². The molecule has 2 rings (SSSR count). The summed E-state index contributed by atoms with van der Waals surface area (Å²) < 4.78 is 23.2. The fourth-order valence-electron chi connectivity index (χ4n) is 3.65. The van der Waals surface area contributed by atoms with Crippen molar-refractivity contribution in [2.75, 3.05) is 31.1 Å². The third-order valence-electron chi connectivity index (χ3n) is 5.09. The summed E-state index contributed by atoms with van der Waals surface area (Å²) in [5.41, 5.74) is 0.314. The molecule has 0 aromatic rings. The minimum absolute atomic E-state index is 0.272. The van der Waals surface area contributed by atoms with E-state index in [9.17, 15) is 8.42 Å². The van der Waals surface area contributed by atoms with Crippen molar-refractivity contribution in [3.05, 3.63) is 0 Å². The van der Waals surface area contributed by atoms with E-state index in [0.717, 1.165) is 26.1 Å². The summed E-state index contributed by atoms with van der Waals surface area (Å²) in [6, 6.07) is 0.562. The second kappa shape index (κ2) is 6.75. The minimum Gasteiger partial charge on any atom is -0.310 e. The number of rotatable bonds is 5. The molecule has 1 atom stereocenters. The van der Waals surface area contributed by atoms with E-state index in [1.807, 2.05) is 0 Å². The third kappa shape index (κ3) is 4.18. The van der Waals surface area contributed by atoms with Crippen molar-refractivity contribution < 1.29 is 8.42 Å². The van der Waals surface area contributed by atoms with Crippen molar-refractivity contribution in [2.45, 2.75) is 64.0 Å². The molecule has 0 aromatic heterocycles. The lowest BCUT2D eigenvalue weighted by molar-refractivity contribution is 0.168. The van der Waals surface area contributed by atoms with Crippen LogP contribution in [0.3, 0.4) is 0 Å². The molecular weight excluding hydrogens is 272 g/mol. The van der Waals surface area contributed by atoms with E-state index in [4.69, 9.17) is 0 Å². The summed E-state index contributed by atoms with van der Waals surface area (Å²) in [6.45, 7) is 7.14. The van der Waals surface area contributed by atoms with Crippen LogP contribution in [0.25, 0.3) is 0 Å². The zero-order valence-corrected chi connectivity index (χ0v) is 13.8. The summed E-state index contributed by atoms with van der Waals surface area (Å²) in [4.78, 5) is 2.52. The second-order valence-electron chi connectivity index (χ2n) is 6.61. The third-order valence-corrected chi connectivity index (χ3v) is 6.88. The fraction of sp³-hybridized carbons (Fsp3) is 1.00. The normalized spacial score (nSPS) is 27.8. The second-order valence-corrected chi connectivity index (χ2v) is 9.09. The lowest BCUT2D eigenvalue weighted by Gasteiger charge is -2.35. The average Bonchev–Trinajstić information content (AvgIpc) is 2.79. The Kier molecular flexibility index (Phi) is 5.49. The molecule has 0 amide bonds. The van der Waals surface area contributed by atoms with Gasteiger partial charge in [-0.2, -0.15) is 0 Å². The summed E-state index contributed by atoms with van der Waals surface area (Å²) >= 11 is 0. The Bertz CT molecular complexity index is 402. The lowest BCUT2D eigenvalue weighted by Crippen LogP contribution is -2.50. The van der Waals surface area contributed by atoms with Crippen molar-refractivity contribution >= 4 is 9.84 Å². The van der Waals surface area contributed by atoms with Gasteiger partial charge in [-0.25, -0.2) is 8.42 Å². The number of hydrogen-bond acceptors (Lipinski definition) is 4. The lowest BCUT2D eigenvalue weighted by atomic mass is 9.97. The highest BCUT2D eigenvalue weighted by Crippen LogP contribution is 2.32. The Labute approximate surface area is 124 Å². The predicted molar refractivity (Wildman–Crippen MR) is 83.8 cm³/mol. The van der Waals surface area contributed by atoms with Crippen LogP contribution in [0.15, 0.2) is 0 Å². The number of sulfone groups is 1. The minimum atomic E-state index is -2.82. The van der Waals surface area contributed by atoms with Gasteiger partial charge in [-0.3, -0.25) is 4.90 Å². The zero-order chi connectivity index (χ0) is 14.6. The van der Waals surface area contributed by atoms with Gasteiger partial charge in [0.1, 0.15) is 9.84 Å². The van der Waals surface area contributed by atoms with Gasteiger partial charge >= 0.3 is 0 Å². The van der Waals surface area contributed by atoms with Crippen LogP contribution in [0.1, 0.15) is 52.4 Å². The molecular formula is C15H30N2O2S. The van der Waals surface area contributed by atoms with Crippen molar-refractivity contribution in [2.24, 2.45) is 0 Å². The van der Waals surface area contributed by atoms with Gasteiger partial charge in [-0.1, -0.05) is 19.8 Å². The standard InChI is InChI=1S/C15H30N2O2S/c1-3-20(18,19)12-6-11-17-13-15(8-4-5-9-15)16-10-7-14(17)2/h14,16H,3-13H2,1-2H3. The summed E-state index contributed by atoms with van der Waals surface area (Å²) in [6.07, 6.45) is 7.17. The molecule has 1 heterocycles. The van der Waals surface area contributed by atoms with Gasteiger partial charge in [0.15, 0.2) is 0 Å². The van der Waals surface area contributed by atoms with Gasteiger partial charge in [0.25, 0.3) is 0 Å². The summed E-state index contributed by atoms with van der Waals surface area (Å²) in [7, 11) is -2.82. The van der Waals surface area contributed by atoms with Gasteiger partial charge in [0, 0.05) is 23.9 Å². The molecule has 0 radical (unpaired) electrons. The van der Waals surface area contributed by atoms with Gasteiger partial charge in [-0.05, 0) is 45.7 Å². The van der Waals surface area contributed by atoms with E-state index in [0.29, 0.717) is 17.3 Å². The average molecular weight is 302 g/mol. The van der Waals surface area contributed by atoms with Gasteiger partial charge in [-0.15, -0.1) is 0 Å². The van der Waals surface area contributed by atoms with Crippen molar-refractivity contribution in [3.63, 3.8) is 0 Å². The first-order valence-electron chi connectivity index (χ1n) is 8.16. The molecule has 1 saturated heterocycles. The molecule has 0 bridgehead atoms. The van der Waals surface area contributed by atoms with E-state index in [1.165, 1.54) is 32.1 Å². The molecule has 20 heavy (non-hydrogen) atoms. The first-order valence-corrected chi connectivity index (χ1v) is 9.98. The van der Waals surface area contributed by atoms with Crippen LogP contribution in [-0.2, 0) is 9.84 Å². The largest absolute Gasteiger partial charge is 0.310 e. The molecule has 4 nitrogen and oxygen atoms in total. The van der Waals surface area contributed by atoms with Crippen LogP contribution in [0, 0.1) is 0 Å². The number of nitrogens with zero attached hydrogens (tertiary/aromatic N) is 1. The Morgan fingerprint density at radius 1 is 1.30 bits per heavy atom. The highest BCUT2D eigenvalue weighted by molar-refractivity contribution is 7.91. The molecule has 2 aliphatic rings. The quantitative estimate of drug-likeness (QED) is 0.841. The summed E-state index contributed by atoms with van der Waals surface area (Å²) in [5.74, 6) is 0.612. The monoisotopic (exact) mass is 302 g/mol. The molecule has 1 N–H and O–H groups in total. The van der Waals surface area contributed by atoms with Crippen LogP contribution >= 0.6 is 0 Å². The van der Waals surface area contributed by atoms with Gasteiger partial charge < -0.3 is 5.32 Å². The van der Waals surface area contributed by atoms with Crippen molar-refractivity contribution in [1.29, 1.82) is 0 Å². The van der Waals surface area contributed by atoms with Crippen LogP contribution in [-0.4, -0.2) is 56.0 Å². The van der Waals surface area contributed by atoms with Gasteiger partial charge in [0.2, 0.25) is 0 Å². The maximum absolute atomic E-state index is 11.6. The molecule has 1 unspecified atom stereocenters. The molecule has 1 spiro atoms. The molecule has 2 fully saturated rings. The smallest absolute Gasteiger partial charge is 0.150 e. The summed E-state index contributed by atoms with van der Waals surface area (Å²) in [5, 5.41) is 3.78. The SMILES string of the molecule is CCS(=O)(=O)CCCN1CC2(CCCC2)NCCC1C. The zero-order valence-electron chi connectivity index (χ0n) is 13.0. The maximum atomic E-state index is 11.6. The predicted octanol–water partition coefficient (Wildman–Crippen LogP) is 1.81. The first kappa shape index (κ1) is 16.2. The van der Waals surface area contributed by atoms with Crippen LogP contribution in [0.2, 0.25) is 0 Å². The number of hydrogen-bond donors (Lipinski definition) is 1. The van der Waals surface area contributed by atoms with Crippen molar-refractivity contribution in [3.8, 4) is 0 Å². The van der Waals surface area contributed by atoms with Crippen LogP contribution < -0.4 is 5.32 Å². The molecule has 1 aliphatic heterocycles. The van der Waals surface area contributed by atoms with E-state index in [-0.39, 0.29) is 5.75 Å². The van der Waals surface area contributed by atoms with Crippen molar-refractivity contribution in [1.82, 2.24) is 10.2 Å². The van der Waals surface area contributed by atoms with E-state index >= 15 is 0 Å². The maximum Gasteiger partial charge on any atom is 0.150 e. The molecule has 1 saturated carbocycles. The Balaban J connectivity index is 1.90. The Morgan fingerprint density at radius 2 is 2.00 bits per heavy atom. The Hall–Kier alpha value is -0.130. The fourth-order valence-corrected chi connectivity index (χ4v) is 4.50. The Morgan fingerprint density at radius 3 is 2.65 bits per heavy atom.